The molecule has 1 aromatic heterocycles. The SMILES string of the molecule is Cc1cc(N(C)C)ccc1NC(=O)N1CCN(c2ccc(C(F)(F)F)cn2)CC1. The molecule has 0 bridgehead atoms. The molecule has 2 aromatic rings. The molecule has 29 heavy (non-hydrogen) atoms. The number of aryl methyl sites for hydroxylation is 1. The van der Waals surface area contributed by atoms with E-state index in [2.05, 4.69) is 10.3 Å². The van der Waals surface area contributed by atoms with Crippen molar-refractivity contribution in [1.82, 2.24) is 9.88 Å². The molecule has 9 heteroatoms. The number of urea groups is 1. The number of rotatable bonds is 3. The van der Waals surface area contributed by atoms with Crippen molar-refractivity contribution in [3.63, 3.8) is 0 Å². The smallest absolute Gasteiger partial charge is 0.378 e. The van der Waals surface area contributed by atoms with Crippen molar-refractivity contribution in [2.45, 2.75) is 13.1 Å². The minimum atomic E-state index is -4.40. The van der Waals surface area contributed by atoms with E-state index in [0.717, 1.165) is 29.2 Å². The van der Waals surface area contributed by atoms with Crippen LogP contribution in [0.3, 0.4) is 0 Å². The minimum absolute atomic E-state index is 0.189. The van der Waals surface area contributed by atoms with Gasteiger partial charge in [0.05, 0.1) is 5.56 Å². The number of hydrogen-bond donors (Lipinski definition) is 1. The molecule has 0 spiro atoms. The van der Waals surface area contributed by atoms with Crippen molar-refractivity contribution in [3.8, 4) is 0 Å². The number of nitrogens with zero attached hydrogens (tertiary/aromatic N) is 4. The van der Waals surface area contributed by atoms with Gasteiger partial charge >= 0.3 is 12.2 Å². The highest BCUT2D eigenvalue weighted by Crippen LogP contribution is 2.29. The molecule has 1 saturated heterocycles. The molecule has 1 aliphatic rings. The zero-order valence-electron chi connectivity index (χ0n) is 16.6. The molecule has 2 amide bonds. The number of aromatic nitrogens is 1. The number of benzene rings is 1. The quantitative estimate of drug-likeness (QED) is 0.840. The van der Waals surface area contributed by atoms with E-state index < -0.39 is 11.7 Å². The number of carbonyl (C=O) groups is 1. The second kappa shape index (κ2) is 8.18. The van der Waals surface area contributed by atoms with Gasteiger partial charge in [0.1, 0.15) is 5.82 Å². The second-order valence-corrected chi connectivity index (χ2v) is 7.20. The van der Waals surface area contributed by atoms with Gasteiger partial charge < -0.3 is 20.0 Å². The summed E-state index contributed by atoms with van der Waals surface area (Å²) in [6.45, 7) is 3.87. The number of anilines is 3. The lowest BCUT2D eigenvalue weighted by atomic mass is 10.1. The summed E-state index contributed by atoms with van der Waals surface area (Å²) < 4.78 is 38.0. The first-order valence-electron chi connectivity index (χ1n) is 9.27. The molecule has 3 rings (SSSR count). The summed E-state index contributed by atoms with van der Waals surface area (Å²) in [5, 5.41) is 2.93. The maximum atomic E-state index is 12.7. The first kappa shape index (κ1) is 20.8. The highest BCUT2D eigenvalue weighted by Gasteiger charge is 2.31. The van der Waals surface area contributed by atoms with E-state index in [4.69, 9.17) is 0 Å². The van der Waals surface area contributed by atoms with Crippen molar-refractivity contribution in [2.75, 3.05) is 55.4 Å². The Morgan fingerprint density at radius 3 is 2.31 bits per heavy atom. The molecule has 2 heterocycles. The van der Waals surface area contributed by atoms with Gasteiger partial charge in [-0.1, -0.05) is 0 Å². The highest BCUT2D eigenvalue weighted by molar-refractivity contribution is 5.90. The number of carbonyl (C=O) groups excluding carboxylic acids is 1. The predicted molar refractivity (Wildman–Crippen MR) is 108 cm³/mol. The van der Waals surface area contributed by atoms with Crippen LogP contribution in [0.4, 0.5) is 35.2 Å². The molecular weight excluding hydrogens is 383 g/mol. The largest absolute Gasteiger partial charge is 0.417 e. The van der Waals surface area contributed by atoms with Crippen LogP contribution in [-0.4, -0.2) is 56.2 Å². The Morgan fingerprint density at radius 1 is 1.10 bits per heavy atom. The molecule has 0 aliphatic carbocycles. The molecule has 1 aliphatic heterocycles. The van der Waals surface area contributed by atoms with Gasteiger partial charge in [0, 0.05) is 57.8 Å². The zero-order valence-corrected chi connectivity index (χ0v) is 16.6. The van der Waals surface area contributed by atoms with E-state index in [1.807, 2.05) is 49.0 Å². The normalized spacial score (nSPS) is 14.7. The van der Waals surface area contributed by atoms with Gasteiger partial charge in [-0.15, -0.1) is 0 Å². The van der Waals surface area contributed by atoms with Crippen molar-refractivity contribution < 1.29 is 18.0 Å². The highest BCUT2D eigenvalue weighted by atomic mass is 19.4. The molecule has 1 fully saturated rings. The van der Waals surface area contributed by atoms with Crippen LogP contribution >= 0.6 is 0 Å². The lowest BCUT2D eigenvalue weighted by molar-refractivity contribution is -0.137. The van der Waals surface area contributed by atoms with E-state index in [-0.39, 0.29) is 6.03 Å². The Hall–Kier alpha value is -2.97. The van der Waals surface area contributed by atoms with Crippen LogP contribution in [0.2, 0.25) is 0 Å². The summed E-state index contributed by atoms with van der Waals surface area (Å²) in [7, 11) is 3.91. The lowest BCUT2D eigenvalue weighted by Crippen LogP contribution is -2.50. The van der Waals surface area contributed by atoms with Crippen molar-refractivity contribution in [1.29, 1.82) is 0 Å². The zero-order chi connectivity index (χ0) is 21.2. The Morgan fingerprint density at radius 2 is 1.79 bits per heavy atom. The van der Waals surface area contributed by atoms with Crippen LogP contribution in [-0.2, 0) is 6.18 Å². The van der Waals surface area contributed by atoms with E-state index in [0.29, 0.717) is 32.0 Å². The fourth-order valence-electron chi connectivity index (χ4n) is 3.14. The predicted octanol–water partition coefficient (Wildman–Crippen LogP) is 3.83. The molecule has 156 valence electrons. The van der Waals surface area contributed by atoms with Crippen LogP contribution in [0.25, 0.3) is 0 Å². The van der Waals surface area contributed by atoms with Gasteiger partial charge in [-0.2, -0.15) is 13.2 Å². The summed E-state index contributed by atoms with van der Waals surface area (Å²) in [6, 6.07) is 8.03. The van der Waals surface area contributed by atoms with Crippen LogP contribution in [0, 0.1) is 6.92 Å². The number of nitrogens with one attached hydrogen (secondary N) is 1. The number of hydrogen-bond acceptors (Lipinski definition) is 4. The molecule has 0 atom stereocenters. The maximum absolute atomic E-state index is 12.7. The van der Waals surface area contributed by atoms with Crippen molar-refractivity contribution in [3.05, 3.63) is 47.7 Å². The molecule has 6 nitrogen and oxygen atoms in total. The third-order valence-corrected chi connectivity index (χ3v) is 4.93. The van der Waals surface area contributed by atoms with Gasteiger partial charge in [-0.05, 0) is 42.8 Å². The van der Waals surface area contributed by atoms with Crippen molar-refractivity contribution in [2.24, 2.45) is 0 Å². The van der Waals surface area contributed by atoms with E-state index >= 15 is 0 Å². The van der Waals surface area contributed by atoms with Gasteiger partial charge in [-0.25, -0.2) is 9.78 Å². The standard InChI is InChI=1S/C20H24F3N5O/c1-14-12-16(26(2)3)5-6-17(14)25-19(29)28-10-8-27(9-11-28)18-7-4-15(13-24-18)20(21,22)23/h4-7,12-13H,8-11H2,1-3H3,(H,25,29). The Labute approximate surface area is 167 Å². The fourth-order valence-corrected chi connectivity index (χ4v) is 3.14. The van der Waals surface area contributed by atoms with Crippen LogP contribution in [0.1, 0.15) is 11.1 Å². The van der Waals surface area contributed by atoms with Crippen LogP contribution in [0.5, 0.6) is 0 Å². The van der Waals surface area contributed by atoms with Crippen molar-refractivity contribution >= 4 is 23.2 Å². The number of amides is 2. The van der Waals surface area contributed by atoms with E-state index in [9.17, 15) is 18.0 Å². The average molecular weight is 407 g/mol. The summed E-state index contributed by atoms with van der Waals surface area (Å²) in [5.41, 5.74) is 2.01. The van der Waals surface area contributed by atoms with Gasteiger partial charge in [-0.3, -0.25) is 0 Å². The third kappa shape index (κ3) is 4.90. The van der Waals surface area contributed by atoms with Gasteiger partial charge in [0.2, 0.25) is 0 Å². The topological polar surface area (TPSA) is 51.7 Å². The summed E-state index contributed by atoms with van der Waals surface area (Å²) in [6.07, 6.45) is -3.56. The first-order valence-corrected chi connectivity index (χ1v) is 9.27. The minimum Gasteiger partial charge on any atom is -0.378 e. The summed E-state index contributed by atoms with van der Waals surface area (Å²) in [5.74, 6) is 0.480. The van der Waals surface area contributed by atoms with Gasteiger partial charge in [0.25, 0.3) is 0 Å². The van der Waals surface area contributed by atoms with E-state index in [1.54, 1.807) is 4.90 Å². The lowest BCUT2D eigenvalue weighted by Gasteiger charge is -2.35. The summed E-state index contributed by atoms with van der Waals surface area (Å²) in [4.78, 5) is 22.1. The number of alkyl halides is 3. The number of pyridine rings is 1. The Kier molecular flexibility index (Phi) is 5.86. The molecule has 0 saturated carbocycles. The average Bonchev–Trinajstić information content (AvgIpc) is 2.69. The molecular formula is C20H24F3N5O. The summed E-state index contributed by atoms with van der Waals surface area (Å²) >= 11 is 0. The van der Waals surface area contributed by atoms with Crippen LogP contribution in [0.15, 0.2) is 36.5 Å². The Balaban J connectivity index is 1.57. The molecule has 0 radical (unpaired) electrons. The molecule has 1 N–H and O–H groups in total. The molecule has 1 aromatic carbocycles. The second-order valence-electron chi connectivity index (χ2n) is 7.20. The molecule has 0 unspecified atom stereocenters. The number of piperazine rings is 1. The third-order valence-electron chi connectivity index (χ3n) is 4.93. The fraction of sp³-hybridized carbons (Fsp3) is 0.400. The van der Waals surface area contributed by atoms with Crippen LogP contribution < -0.4 is 15.1 Å². The Bertz CT molecular complexity index is 859. The maximum Gasteiger partial charge on any atom is 0.417 e. The first-order chi connectivity index (χ1) is 13.6. The van der Waals surface area contributed by atoms with E-state index in [1.165, 1.54) is 6.07 Å². The van der Waals surface area contributed by atoms with Gasteiger partial charge in [0.15, 0.2) is 0 Å². The monoisotopic (exact) mass is 407 g/mol. The number of halogens is 3.